The first-order chi connectivity index (χ1) is 12.9. The Labute approximate surface area is 161 Å². The van der Waals surface area contributed by atoms with Gasteiger partial charge in [-0.2, -0.15) is 0 Å². The molecule has 1 saturated heterocycles. The first-order valence-electron chi connectivity index (χ1n) is 8.73. The van der Waals surface area contributed by atoms with Crippen molar-refractivity contribution < 1.29 is 19.1 Å². The summed E-state index contributed by atoms with van der Waals surface area (Å²) < 4.78 is 13.1. The number of aliphatic carboxylic acids is 1. The Morgan fingerprint density at radius 3 is 2.59 bits per heavy atom. The molecule has 1 fully saturated rings. The van der Waals surface area contributed by atoms with Crippen molar-refractivity contribution in [2.24, 2.45) is 5.92 Å². The minimum Gasteiger partial charge on any atom is -0.481 e. The maximum absolute atomic E-state index is 13.1. The zero-order valence-electron chi connectivity index (χ0n) is 14.6. The van der Waals surface area contributed by atoms with Crippen LogP contribution < -0.4 is 5.32 Å². The zero-order chi connectivity index (χ0) is 19.4. The molecule has 0 atom stereocenters. The fourth-order valence-electron chi connectivity index (χ4n) is 3.22. The summed E-state index contributed by atoms with van der Waals surface area (Å²) in [6.45, 7) is 2.16. The quantitative estimate of drug-likeness (QED) is 0.808. The van der Waals surface area contributed by atoms with Crippen LogP contribution in [0.5, 0.6) is 0 Å². The van der Waals surface area contributed by atoms with Crippen molar-refractivity contribution in [3.05, 3.63) is 64.4 Å². The molecule has 27 heavy (non-hydrogen) atoms. The Kier molecular flexibility index (Phi) is 6.08. The third-order valence-electron chi connectivity index (χ3n) is 4.70. The minimum atomic E-state index is -0.723. The van der Waals surface area contributed by atoms with E-state index in [0.717, 1.165) is 24.7 Å². The zero-order valence-corrected chi connectivity index (χ0v) is 15.4. The molecule has 2 aromatic rings. The van der Waals surface area contributed by atoms with Crippen molar-refractivity contribution in [3.63, 3.8) is 0 Å². The first kappa shape index (κ1) is 19.3. The third-order valence-corrected chi connectivity index (χ3v) is 5.02. The number of piperidine rings is 1. The van der Waals surface area contributed by atoms with E-state index in [2.05, 4.69) is 10.2 Å². The number of carbonyl (C=O) groups excluding carboxylic acids is 1. The van der Waals surface area contributed by atoms with Crippen molar-refractivity contribution in [1.29, 1.82) is 0 Å². The summed E-state index contributed by atoms with van der Waals surface area (Å²) in [5, 5.41) is 11.9. The number of anilines is 1. The molecule has 2 aromatic carbocycles. The monoisotopic (exact) mass is 390 g/mol. The molecule has 0 aliphatic carbocycles. The molecule has 0 radical (unpaired) electrons. The van der Waals surface area contributed by atoms with Gasteiger partial charge < -0.3 is 10.4 Å². The molecule has 142 valence electrons. The molecule has 0 saturated carbocycles. The highest BCUT2D eigenvalue weighted by Crippen LogP contribution is 2.22. The predicted octanol–water partition coefficient (Wildman–Crippen LogP) is 4.03. The highest BCUT2D eigenvalue weighted by molar-refractivity contribution is 6.34. The second kappa shape index (κ2) is 8.50. The number of hydrogen-bond acceptors (Lipinski definition) is 3. The molecule has 1 heterocycles. The summed E-state index contributed by atoms with van der Waals surface area (Å²) in [5.41, 5.74) is 1.85. The van der Waals surface area contributed by atoms with Crippen LogP contribution in [0.2, 0.25) is 5.02 Å². The van der Waals surface area contributed by atoms with Crippen LogP contribution in [-0.4, -0.2) is 35.0 Å². The molecule has 1 amide bonds. The molecular formula is C20H20ClFN2O3. The lowest BCUT2D eigenvalue weighted by Gasteiger charge is -2.30. The van der Waals surface area contributed by atoms with E-state index in [0.29, 0.717) is 25.1 Å². The number of halogens is 2. The number of carbonyl (C=O) groups is 2. The first-order valence-corrected chi connectivity index (χ1v) is 9.10. The number of carboxylic acid groups (broad SMARTS) is 1. The summed E-state index contributed by atoms with van der Waals surface area (Å²) in [7, 11) is 0. The summed E-state index contributed by atoms with van der Waals surface area (Å²) >= 11 is 5.94. The lowest BCUT2D eigenvalue weighted by atomic mass is 9.97. The van der Waals surface area contributed by atoms with Gasteiger partial charge in [0.1, 0.15) is 5.82 Å². The summed E-state index contributed by atoms with van der Waals surface area (Å²) in [6.07, 6.45) is 1.30. The van der Waals surface area contributed by atoms with E-state index in [4.69, 9.17) is 16.7 Å². The van der Waals surface area contributed by atoms with Gasteiger partial charge in [-0.1, -0.05) is 23.7 Å². The number of carboxylic acids is 1. The van der Waals surface area contributed by atoms with E-state index < -0.39 is 17.7 Å². The molecule has 1 aliphatic rings. The van der Waals surface area contributed by atoms with E-state index in [1.807, 2.05) is 18.2 Å². The smallest absolute Gasteiger partial charge is 0.306 e. The van der Waals surface area contributed by atoms with Gasteiger partial charge in [-0.15, -0.1) is 0 Å². The molecule has 2 N–H and O–H groups in total. The van der Waals surface area contributed by atoms with Crippen molar-refractivity contribution in [2.75, 3.05) is 18.4 Å². The van der Waals surface area contributed by atoms with Crippen LogP contribution in [0.25, 0.3) is 0 Å². The Morgan fingerprint density at radius 2 is 1.93 bits per heavy atom. The van der Waals surface area contributed by atoms with Crippen LogP contribution in [-0.2, 0) is 11.3 Å². The van der Waals surface area contributed by atoms with Crippen LogP contribution in [0.15, 0.2) is 42.5 Å². The third kappa shape index (κ3) is 5.05. The average molecular weight is 391 g/mol. The van der Waals surface area contributed by atoms with Crippen molar-refractivity contribution in [2.45, 2.75) is 19.4 Å². The number of amides is 1. The van der Waals surface area contributed by atoms with E-state index in [1.165, 1.54) is 12.1 Å². The van der Waals surface area contributed by atoms with Crippen molar-refractivity contribution in [1.82, 2.24) is 4.90 Å². The molecule has 3 rings (SSSR count). The minimum absolute atomic E-state index is 0.0601. The van der Waals surface area contributed by atoms with E-state index in [-0.39, 0.29) is 16.5 Å². The van der Waals surface area contributed by atoms with Gasteiger partial charge in [0.2, 0.25) is 0 Å². The van der Waals surface area contributed by atoms with Crippen LogP contribution >= 0.6 is 11.6 Å². The van der Waals surface area contributed by atoms with Crippen LogP contribution in [0.3, 0.4) is 0 Å². The Bertz CT molecular complexity index is 851. The molecule has 0 unspecified atom stereocenters. The van der Waals surface area contributed by atoms with E-state index in [1.54, 1.807) is 6.07 Å². The fourth-order valence-corrected chi connectivity index (χ4v) is 3.47. The van der Waals surface area contributed by atoms with Crippen molar-refractivity contribution >= 4 is 29.2 Å². The van der Waals surface area contributed by atoms with Crippen LogP contribution in [0.4, 0.5) is 10.1 Å². The standard InChI is InChI=1S/C20H20ClFN2O3/c21-18-11-15(22)4-5-17(18)19(25)23-16-3-1-2-13(10-16)12-24-8-6-14(7-9-24)20(26)27/h1-5,10-11,14H,6-9,12H2,(H,23,25)(H,26,27). The van der Waals surface area contributed by atoms with E-state index >= 15 is 0 Å². The second-order valence-corrected chi connectivity index (χ2v) is 7.07. The van der Waals surface area contributed by atoms with Crippen LogP contribution in [0.1, 0.15) is 28.8 Å². The van der Waals surface area contributed by atoms with Gasteiger partial charge in [-0.3, -0.25) is 14.5 Å². The Balaban J connectivity index is 1.62. The van der Waals surface area contributed by atoms with Gasteiger partial charge in [-0.05, 0) is 61.8 Å². The van der Waals surface area contributed by atoms with Gasteiger partial charge in [0.25, 0.3) is 5.91 Å². The Morgan fingerprint density at radius 1 is 1.19 bits per heavy atom. The molecule has 7 heteroatoms. The molecule has 1 aliphatic heterocycles. The average Bonchev–Trinajstić information content (AvgIpc) is 2.62. The summed E-state index contributed by atoms with van der Waals surface area (Å²) in [4.78, 5) is 25.6. The second-order valence-electron chi connectivity index (χ2n) is 6.67. The van der Waals surface area contributed by atoms with Gasteiger partial charge in [-0.25, -0.2) is 4.39 Å². The summed E-state index contributed by atoms with van der Waals surface area (Å²) in [6, 6.07) is 11.1. The normalized spacial score (nSPS) is 15.5. The molecule has 5 nitrogen and oxygen atoms in total. The molecule has 0 bridgehead atoms. The lowest BCUT2D eigenvalue weighted by molar-refractivity contribution is -0.143. The van der Waals surface area contributed by atoms with E-state index in [9.17, 15) is 14.0 Å². The maximum Gasteiger partial charge on any atom is 0.306 e. The maximum atomic E-state index is 13.1. The summed E-state index contributed by atoms with van der Waals surface area (Å²) in [5.74, 6) is -1.88. The van der Waals surface area contributed by atoms with Gasteiger partial charge in [0, 0.05) is 12.2 Å². The van der Waals surface area contributed by atoms with Gasteiger partial charge >= 0.3 is 5.97 Å². The Hall–Kier alpha value is -2.44. The van der Waals surface area contributed by atoms with Crippen molar-refractivity contribution in [3.8, 4) is 0 Å². The van der Waals surface area contributed by atoms with Gasteiger partial charge in [0.05, 0.1) is 16.5 Å². The topological polar surface area (TPSA) is 69.6 Å². The van der Waals surface area contributed by atoms with Crippen LogP contribution in [0, 0.1) is 11.7 Å². The number of nitrogens with one attached hydrogen (secondary N) is 1. The number of nitrogens with zero attached hydrogens (tertiary/aromatic N) is 1. The number of likely N-dealkylation sites (tertiary alicyclic amines) is 1. The van der Waals surface area contributed by atoms with Gasteiger partial charge in [0.15, 0.2) is 0 Å². The molecular weight excluding hydrogens is 371 g/mol. The number of benzene rings is 2. The molecule has 0 aromatic heterocycles. The lowest BCUT2D eigenvalue weighted by Crippen LogP contribution is -2.35. The molecule has 0 spiro atoms. The number of hydrogen-bond donors (Lipinski definition) is 2. The highest BCUT2D eigenvalue weighted by atomic mass is 35.5. The largest absolute Gasteiger partial charge is 0.481 e. The fraction of sp³-hybridized carbons (Fsp3) is 0.300. The highest BCUT2D eigenvalue weighted by Gasteiger charge is 2.24. The predicted molar refractivity (Wildman–Crippen MR) is 101 cm³/mol. The SMILES string of the molecule is O=C(Nc1cccc(CN2CCC(C(=O)O)CC2)c1)c1ccc(F)cc1Cl. The number of rotatable bonds is 5.